The van der Waals surface area contributed by atoms with Gasteiger partial charge in [0, 0.05) is 38.9 Å². The zero-order chi connectivity index (χ0) is 26.0. The fourth-order valence-corrected chi connectivity index (χ4v) is 5.82. The molecule has 5 nitrogen and oxygen atoms in total. The third-order valence-corrected chi connectivity index (χ3v) is 7.95. The molecule has 0 radical (unpaired) electrons. The summed E-state index contributed by atoms with van der Waals surface area (Å²) in [5.74, 6) is 0. The third-order valence-electron chi connectivity index (χ3n) is 7.25. The molecule has 0 saturated carbocycles. The van der Waals surface area contributed by atoms with Crippen LogP contribution in [0.5, 0.6) is 0 Å². The van der Waals surface area contributed by atoms with Gasteiger partial charge < -0.3 is 5.32 Å². The summed E-state index contributed by atoms with van der Waals surface area (Å²) in [5.41, 5.74) is 7.55. The highest BCUT2D eigenvalue weighted by molar-refractivity contribution is 9.10. The quantitative estimate of drug-likeness (QED) is 0.244. The van der Waals surface area contributed by atoms with E-state index in [9.17, 15) is 10.1 Å². The van der Waals surface area contributed by atoms with Gasteiger partial charge in [0.15, 0.2) is 0 Å². The Bertz CT molecular complexity index is 2140. The Kier molecular flexibility index (Phi) is 4.97. The van der Waals surface area contributed by atoms with Crippen molar-refractivity contribution in [3.8, 4) is 28.3 Å². The lowest BCUT2D eigenvalue weighted by molar-refractivity contribution is 1.19. The highest BCUT2D eigenvalue weighted by Crippen LogP contribution is 2.38. The molecule has 0 aliphatic rings. The number of aromatic nitrogens is 2. The van der Waals surface area contributed by atoms with E-state index in [1.54, 1.807) is 4.40 Å². The molecule has 2 heterocycles. The van der Waals surface area contributed by atoms with Crippen LogP contribution >= 0.6 is 15.9 Å². The van der Waals surface area contributed by atoms with Crippen molar-refractivity contribution in [2.45, 2.75) is 0 Å². The summed E-state index contributed by atoms with van der Waals surface area (Å²) < 4.78 is 2.70. The normalized spacial score (nSPS) is 11.5. The molecule has 2 aromatic heterocycles. The average Bonchev–Trinajstić information content (AvgIpc) is 3.36. The highest BCUT2D eigenvalue weighted by Gasteiger charge is 2.20. The Morgan fingerprint density at radius 2 is 1.58 bits per heavy atom. The van der Waals surface area contributed by atoms with Gasteiger partial charge >= 0.3 is 0 Å². The number of pyridine rings is 1. The number of nitriles is 1. The van der Waals surface area contributed by atoms with Crippen LogP contribution in [-0.4, -0.2) is 16.4 Å². The molecule has 6 heteroatoms. The largest absolute Gasteiger partial charge is 0.388 e. The summed E-state index contributed by atoms with van der Waals surface area (Å²) in [6, 6.07) is 31.9. The maximum Gasteiger partial charge on any atom is 0.264 e. The topological polar surface area (TPSA) is 70.2 Å². The summed E-state index contributed by atoms with van der Waals surface area (Å²) in [7, 11) is 1.89. The number of halogens is 1. The number of benzene rings is 5. The van der Waals surface area contributed by atoms with Crippen molar-refractivity contribution in [1.82, 2.24) is 9.38 Å². The van der Waals surface area contributed by atoms with Crippen LogP contribution in [0.4, 0.5) is 5.69 Å². The molecule has 7 rings (SSSR count). The summed E-state index contributed by atoms with van der Waals surface area (Å²) in [4.78, 5) is 19.1. The zero-order valence-corrected chi connectivity index (χ0v) is 21.9. The molecular formula is C32H19BrN4O. The van der Waals surface area contributed by atoms with E-state index in [2.05, 4.69) is 45.5 Å². The van der Waals surface area contributed by atoms with E-state index in [0.717, 1.165) is 59.6 Å². The fraction of sp³-hybridized carbons (Fsp3) is 0.0312. The molecule has 0 aliphatic carbocycles. The van der Waals surface area contributed by atoms with E-state index in [0.29, 0.717) is 16.6 Å². The van der Waals surface area contributed by atoms with E-state index in [4.69, 9.17) is 4.98 Å². The first-order chi connectivity index (χ1) is 18.6. The lowest BCUT2D eigenvalue weighted by Crippen LogP contribution is -2.13. The van der Waals surface area contributed by atoms with E-state index < -0.39 is 0 Å². The SMILES string of the molecule is CNc1ccc(-c2cc(-c3ccc(C#N)cc3)cc3c2nc2c4ccc(Br)c5cccc(c(=O)n32)c54)cc1. The second-order valence-electron chi connectivity index (χ2n) is 9.31. The van der Waals surface area contributed by atoms with Crippen LogP contribution in [0.2, 0.25) is 0 Å². The Labute approximate surface area is 226 Å². The molecule has 0 atom stereocenters. The summed E-state index contributed by atoms with van der Waals surface area (Å²) in [6.45, 7) is 0. The number of rotatable bonds is 3. The maximum absolute atomic E-state index is 14.0. The van der Waals surface area contributed by atoms with Crippen LogP contribution in [0.15, 0.2) is 100 Å². The molecule has 0 spiro atoms. The predicted molar refractivity (Wildman–Crippen MR) is 158 cm³/mol. The minimum atomic E-state index is -0.0906. The van der Waals surface area contributed by atoms with Gasteiger partial charge in [0.2, 0.25) is 0 Å². The van der Waals surface area contributed by atoms with Crippen molar-refractivity contribution in [3.05, 3.63) is 111 Å². The molecule has 0 unspecified atom stereocenters. The van der Waals surface area contributed by atoms with Crippen LogP contribution < -0.4 is 10.9 Å². The summed E-state index contributed by atoms with van der Waals surface area (Å²) in [5, 5.41) is 15.9. The van der Waals surface area contributed by atoms with Gasteiger partial charge in [-0.05, 0) is 76.7 Å². The van der Waals surface area contributed by atoms with Crippen LogP contribution in [0.25, 0.3) is 60.5 Å². The van der Waals surface area contributed by atoms with Crippen LogP contribution in [0.1, 0.15) is 5.56 Å². The first-order valence-corrected chi connectivity index (χ1v) is 13.0. The lowest BCUT2D eigenvalue weighted by Gasteiger charge is -2.10. The van der Waals surface area contributed by atoms with Gasteiger partial charge in [-0.15, -0.1) is 0 Å². The molecule has 0 fully saturated rings. The molecule has 0 saturated heterocycles. The fourth-order valence-electron chi connectivity index (χ4n) is 5.36. The highest BCUT2D eigenvalue weighted by atomic mass is 79.9. The number of hydrogen-bond donors (Lipinski definition) is 1. The Hall–Kier alpha value is -4.73. The molecular weight excluding hydrogens is 536 g/mol. The van der Waals surface area contributed by atoms with Crippen molar-refractivity contribution < 1.29 is 0 Å². The van der Waals surface area contributed by atoms with Crippen LogP contribution in [0.3, 0.4) is 0 Å². The minimum Gasteiger partial charge on any atom is -0.388 e. The summed E-state index contributed by atoms with van der Waals surface area (Å²) in [6.07, 6.45) is 0. The molecule has 7 aromatic rings. The van der Waals surface area contributed by atoms with Gasteiger partial charge in [0.1, 0.15) is 5.65 Å². The maximum atomic E-state index is 14.0. The number of imidazole rings is 1. The molecule has 0 aliphatic heterocycles. The second kappa shape index (κ2) is 8.41. The Balaban J connectivity index is 1.64. The smallest absolute Gasteiger partial charge is 0.264 e. The Morgan fingerprint density at radius 3 is 2.32 bits per heavy atom. The monoisotopic (exact) mass is 554 g/mol. The van der Waals surface area contributed by atoms with Crippen molar-refractivity contribution >= 4 is 59.8 Å². The van der Waals surface area contributed by atoms with Gasteiger partial charge in [-0.25, -0.2) is 4.98 Å². The van der Waals surface area contributed by atoms with Crippen LogP contribution in [0, 0.1) is 11.3 Å². The molecule has 5 aromatic carbocycles. The van der Waals surface area contributed by atoms with Gasteiger partial charge in [-0.2, -0.15) is 5.26 Å². The van der Waals surface area contributed by atoms with Gasteiger partial charge in [-0.3, -0.25) is 9.20 Å². The third kappa shape index (κ3) is 3.22. The number of nitrogens with zero attached hydrogens (tertiary/aromatic N) is 3. The van der Waals surface area contributed by atoms with E-state index in [1.165, 1.54) is 0 Å². The molecule has 0 amide bonds. The number of fused-ring (bicyclic) bond motifs is 4. The van der Waals surface area contributed by atoms with Gasteiger partial charge in [0.25, 0.3) is 5.56 Å². The van der Waals surface area contributed by atoms with E-state index in [-0.39, 0.29) is 5.56 Å². The first kappa shape index (κ1) is 22.5. The summed E-state index contributed by atoms with van der Waals surface area (Å²) >= 11 is 3.65. The molecule has 0 bridgehead atoms. The van der Waals surface area contributed by atoms with Crippen molar-refractivity contribution in [2.24, 2.45) is 0 Å². The zero-order valence-electron chi connectivity index (χ0n) is 20.3. The predicted octanol–water partition coefficient (Wildman–Crippen LogP) is 7.60. The molecule has 180 valence electrons. The number of hydrogen-bond acceptors (Lipinski definition) is 4. The van der Waals surface area contributed by atoms with Crippen LogP contribution in [-0.2, 0) is 0 Å². The Morgan fingerprint density at radius 1 is 0.842 bits per heavy atom. The minimum absolute atomic E-state index is 0.0906. The van der Waals surface area contributed by atoms with E-state index >= 15 is 0 Å². The number of anilines is 1. The lowest BCUT2D eigenvalue weighted by atomic mass is 9.96. The molecule has 1 N–H and O–H groups in total. The van der Waals surface area contributed by atoms with Crippen molar-refractivity contribution in [3.63, 3.8) is 0 Å². The first-order valence-electron chi connectivity index (χ1n) is 12.2. The van der Waals surface area contributed by atoms with Crippen molar-refractivity contribution in [2.75, 3.05) is 12.4 Å². The molecule has 38 heavy (non-hydrogen) atoms. The number of nitrogens with one attached hydrogen (secondary N) is 1. The van der Waals surface area contributed by atoms with Crippen molar-refractivity contribution in [1.29, 1.82) is 5.26 Å². The van der Waals surface area contributed by atoms with Gasteiger partial charge in [-0.1, -0.05) is 52.3 Å². The second-order valence-corrected chi connectivity index (χ2v) is 10.2. The average molecular weight is 555 g/mol. The van der Waals surface area contributed by atoms with Gasteiger partial charge in [0.05, 0.1) is 22.7 Å². The van der Waals surface area contributed by atoms with E-state index in [1.807, 2.05) is 79.8 Å². The standard InChI is InChI=1S/C32H19BrN4O/c1-35-22-11-9-20(10-12-22)26-15-21(19-7-5-18(17-34)6-8-19)16-28-30(26)36-31-24-13-14-27(33)23-3-2-4-25(29(23)24)32(38)37(28)31/h2-16,35H,1H3.